The molecule has 0 unspecified atom stereocenters. The van der Waals surface area contributed by atoms with Gasteiger partial charge >= 0.3 is 0 Å². The Balaban J connectivity index is 1.60. The summed E-state index contributed by atoms with van der Waals surface area (Å²) in [5.74, 6) is 0.794. The van der Waals surface area contributed by atoms with E-state index in [1.165, 1.54) is 6.07 Å². The van der Waals surface area contributed by atoms with Crippen LogP contribution in [0.1, 0.15) is 24.0 Å². The third-order valence-corrected chi connectivity index (χ3v) is 4.41. The quantitative estimate of drug-likeness (QED) is 0.799. The molecular weight excluding hydrogens is 335 g/mol. The maximum Gasteiger partial charge on any atom is 0.237 e. The van der Waals surface area contributed by atoms with Crippen LogP contribution < -0.4 is 20.1 Å². The molecule has 1 amide bonds. The minimum atomic E-state index is -0.300. The summed E-state index contributed by atoms with van der Waals surface area (Å²) >= 11 is 0. The Hall–Kier alpha value is -2.60. The number of rotatable bonds is 7. The number of nitrogens with one attached hydrogen (secondary N) is 2. The van der Waals surface area contributed by atoms with Crippen LogP contribution in [0.4, 0.5) is 4.39 Å². The minimum Gasteiger partial charge on any atom is -0.493 e. The second-order valence-electron chi connectivity index (χ2n) is 6.23. The first kappa shape index (κ1) is 18.2. The van der Waals surface area contributed by atoms with Gasteiger partial charge in [-0.25, -0.2) is 4.39 Å². The van der Waals surface area contributed by atoms with Crippen molar-refractivity contribution < 1.29 is 18.7 Å². The number of amides is 1. The molecule has 2 N–H and O–H groups in total. The standard InChI is InChI=1S/C20H23FN2O3/c1-25-19-11-14(12-23-20(24)17-7-4-10-22-17)8-9-18(19)26-13-15-5-2-3-6-16(15)21/h2-3,5-6,8-9,11,17,22H,4,7,10,12-13H2,1H3,(H,23,24)/t17-/m0/s1. The normalized spacial score (nSPS) is 16.3. The zero-order valence-corrected chi connectivity index (χ0v) is 14.8. The van der Waals surface area contributed by atoms with Crippen LogP contribution in [0.3, 0.4) is 0 Å². The van der Waals surface area contributed by atoms with Gasteiger partial charge < -0.3 is 20.1 Å². The van der Waals surface area contributed by atoms with E-state index < -0.39 is 0 Å². The second-order valence-corrected chi connectivity index (χ2v) is 6.23. The molecule has 0 spiro atoms. The lowest BCUT2D eigenvalue weighted by Crippen LogP contribution is -2.39. The number of carbonyl (C=O) groups excluding carboxylic acids is 1. The lowest BCUT2D eigenvalue weighted by atomic mass is 10.1. The first-order valence-electron chi connectivity index (χ1n) is 8.71. The van der Waals surface area contributed by atoms with Gasteiger partial charge in [-0.1, -0.05) is 24.3 Å². The van der Waals surface area contributed by atoms with Crippen molar-refractivity contribution in [3.8, 4) is 11.5 Å². The molecule has 2 aromatic carbocycles. The summed E-state index contributed by atoms with van der Waals surface area (Å²) in [5.41, 5.74) is 1.39. The average Bonchev–Trinajstić information content (AvgIpc) is 3.20. The van der Waals surface area contributed by atoms with Gasteiger partial charge in [-0.3, -0.25) is 4.79 Å². The van der Waals surface area contributed by atoms with Crippen molar-refractivity contribution in [1.29, 1.82) is 0 Å². The van der Waals surface area contributed by atoms with E-state index in [2.05, 4.69) is 10.6 Å². The molecule has 1 saturated heterocycles. The summed E-state index contributed by atoms with van der Waals surface area (Å²) in [6.45, 7) is 1.42. The number of hydrogen-bond donors (Lipinski definition) is 2. The summed E-state index contributed by atoms with van der Waals surface area (Å²) in [5, 5.41) is 6.10. The molecule has 6 heteroatoms. The predicted molar refractivity (Wildman–Crippen MR) is 96.6 cm³/mol. The highest BCUT2D eigenvalue weighted by atomic mass is 19.1. The fraction of sp³-hybridized carbons (Fsp3) is 0.350. The van der Waals surface area contributed by atoms with Crippen molar-refractivity contribution in [1.82, 2.24) is 10.6 Å². The van der Waals surface area contributed by atoms with Crippen molar-refractivity contribution in [2.45, 2.75) is 32.0 Å². The molecule has 5 nitrogen and oxygen atoms in total. The van der Waals surface area contributed by atoms with Crippen molar-refractivity contribution >= 4 is 5.91 Å². The van der Waals surface area contributed by atoms with Crippen molar-refractivity contribution in [2.24, 2.45) is 0 Å². The highest BCUT2D eigenvalue weighted by Gasteiger charge is 2.21. The molecule has 138 valence electrons. The highest BCUT2D eigenvalue weighted by Crippen LogP contribution is 2.29. The van der Waals surface area contributed by atoms with Gasteiger partial charge in [0, 0.05) is 12.1 Å². The van der Waals surface area contributed by atoms with Crippen LogP contribution in [0, 0.1) is 5.82 Å². The van der Waals surface area contributed by atoms with E-state index in [0.717, 1.165) is 24.9 Å². The van der Waals surface area contributed by atoms with E-state index in [0.29, 0.717) is 23.6 Å². The molecule has 1 atom stereocenters. The van der Waals surface area contributed by atoms with Gasteiger partial charge in [0.15, 0.2) is 11.5 Å². The minimum absolute atomic E-state index is 0.0151. The van der Waals surface area contributed by atoms with Gasteiger partial charge in [-0.15, -0.1) is 0 Å². The number of hydrogen-bond acceptors (Lipinski definition) is 4. The van der Waals surface area contributed by atoms with E-state index >= 15 is 0 Å². The zero-order valence-electron chi connectivity index (χ0n) is 14.8. The Morgan fingerprint density at radius 1 is 1.27 bits per heavy atom. The van der Waals surface area contributed by atoms with Crippen LogP contribution in [0.2, 0.25) is 0 Å². The molecule has 0 aromatic heterocycles. The van der Waals surface area contributed by atoms with Crippen molar-refractivity contribution in [2.75, 3.05) is 13.7 Å². The summed E-state index contributed by atoms with van der Waals surface area (Å²) in [7, 11) is 1.55. The first-order chi connectivity index (χ1) is 12.7. The highest BCUT2D eigenvalue weighted by molar-refractivity contribution is 5.82. The molecule has 1 fully saturated rings. The number of halogens is 1. The summed E-state index contributed by atoms with van der Waals surface area (Å²) in [6, 6.07) is 11.9. The Morgan fingerprint density at radius 2 is 2.12 bits per heavy atom. The SMILES string of the molecule is COc1cc(CNC(=O)[C@@H]2CCCN2)ccc1OCc1ccccc1F. The Labute approximate surface area is 152 Å². The summed E-state index contributed by atoms with van der Waals surface area (Å²) in [6.07, 6.45) is 1.90. The van der Waals surface area contributed by atoms with E-state index in [1.54, 1.807) is 31.4 Å². The maximum absolute atomic E-state index is 13.7. The molecular formula is C20H23FN2O3. The Bertz CT molecular complexity index is 760. The third-order valence-electron chi connectivity index (χ3n) is 4.41. The van der Waals surface area contributed by atoms with Crippen molar-refractivity contribution in [3.05, 3.63) is 59.4 Å². The fourth-order valence-electron chi connectivity index (χ4n) is 2.93. The van der Waals surface area contributed by atoms with Crippen LogP contribution in [0.5, 0.6) is 11.5 Å². The largest absolute Gasteiger partial charge is 0.493 e. The van der Waals surface area contributed by atoms with E-state index in [4.69, 9.17) is 9.47 Å². The Kier molecular flexibility index (Phi) is 6.07. The van der Waals surface area contributed by atoms with Crippen molar-refractivity contribution in [3.63, 3.8) is 0 Å². The summed E-state index contributed by atoms with van der Waals surface area (Å²) in [4.78, 5) is 12.1. The molecule has 0 bridgehead atoms. The molecule has 1 heterocycles. The van der Waals surface area contributed by atoms with E-state index in [-0.39, 0.29) is 24.4 Å². The van der Waals surface area contributed by atoms with Crippen LogP contribution in [0.25, 0.3) is 0 Å². The monoisotopic (exact) mass is 358 g/mol. The van der Waals surface area contributed by atoms with Crippen LogP contribution in [-0.4, -0.2) is 25.6 Å². The molecule has 0 saturated carbocycles. The van der Waals surface area contributed by atoms with Gasteiger partial charge in [-0.05, 0) is 43.1 Å². The lowest BCUT2D eigenvalue weighted by Gasteiger charge is -2.14. The molecule has 2 aromatic rings. The van der Waals surface area contributed by atoms with Gasteiger partial charge in [0.05, 0.1) is 13.2 Å². The Morgan fingerprint density at radius 3 is 2.85 bits per heavy atom. The first-order valence-corrected chi connectivity index (χ1v) is 8.71. The lowest BCUT2D eigenvalue weighted by molar-refractivity contribution is -0.122. The van der Waals surface area contributed by atoms with E-state index in [1.807, 2.05) is 12.1 Å². The number of carbonyl (C=O) groups is 1. The number of methoxy groups -OCH3 is 1. The van der Waals surface area contributed by atoms with Crippen LogP contribution >= 0.6 is 0 Å². The van der Waals surface area contributed by atoms with Gasteiger partial charge in [0.2, 0.25) is 5.91 Å². The third kappa shape index (κ3) is 4.52. The second kappa shape index (κ2) is 8.67. The maximum atomic E-state index is 13.7. The van der Waals surface area contributed by atoms with E-state index in [9.17, 15) is 9.18 Å². The number of benzene rings is 2. The zero-order chi connectivity index (χ0) is 18.4. The molecule has 1 aliphatic heterocycles. The van der Waals surface area contributed by atoms with Gasteiger partial charge in [0.1, 0.15) is 12.4 Å². The van der Waals surface area contributed by atoms with Crippen LogP contribution in [-0.2, 0) is 17.9 Å². The van der Waals surface area contributed by atoms with Gasteiger partial charge in [0.25, 0.3) is 0 Å². The molecule has 3 rings (SSSR count). The predicted octanol–water partition coefficient (Wildman–Crippen LogP) is 2.78. The molecule has 1 aliphatic rings. The average molecular weight is 358 g/mol. The summed E-state index contributed by atoms with van der Waals surface area (Å²) < 4.78 is 24.7. The van der Waals surface area contributed by atoms with Crippen LogP contribution in [0.15, 0.2) is 42.5 Å². The fourth-order valence-corrected chi connectivity index (χ4v) is 2.93. The smallest absolute Gasteiger partial charge is 0.237 e. The number of ether oxygens (including phenoxy) is 2. The molecule has 0 radical (unpaired) electrons. The van der Waals surface area contributed by atoms with Gasteiger partial charge in [-0.2, -0.15) is 0 Å². The topological polar surface area (TPSA) is 59.6 Å². The molecule has 0 aliphatic carbocycles. The molecule has 26 heavy (non-hydrogen) atoms.